The Morgan fingerprint density at radius 1 is 0.800 bits per heavy atom. The number of carbonyl (C=O) groups excluding carboxylic acids is 2. The lowest BCUT2D eigenvalue weighted by Crippen LogP contribution is -2.11. The fraction of sp³-hybridized carbons (Fsp3) is 0.185. The molecule has 1 aliphatic rings. The van der Waals surface area contributed by atoms with E-state index in [0.717, 1.165) is 0 Å². The first-order valence-corrected chi connectivity index (χ1v) is 10.7. The lowest BCUT2D eigenvalue weighted by molar-refractivity contribution is 0.0920. The summed E-state index contributed by atoms with van der Waals surface area (Å²) in [5.74, 6) is 2.54. The lowest BCUT2D eigenvalue weighted by Gasteiger charge is -2.12. The fourth-order valence-electron chi connectivity index (χ4n) is 3.57. The number of Topliss-reactive ketones (excluding diaryl/α,β-unsaturated/α-hetero) is 2. The highest BCUT2D eigenvalue weighted by Crippen LogP contribution is 2.39. The monoisotopic (exact) mass is 476 g/mol. The molecule has 1 heterocycles. The van der Waals surface area contributed by atoms with Gasteiger partial charge in [0.2, 0.25) is 5.78 Å². The number of carbonyl (C=O) groups is 2. The molecule has 8 heteroatoms. The zero-order chi connectivity index (χ0) is 24.9. The van der Waals surface area contributed by atoms with Gasteiger partial charge in [-0.3, -0.25) is 9.59 Å². The van der Waals surface area contributed by atoms with E-state index in [-0.39, 0.29) is 23.9 Å². The van der Waals surface area contributed by atoms with Crippen molar-refractivity contribution in [2.75, 3.05) is 35.0 Å². The minimum absolute atomic E-state index is 0.122. The van der Waals surface area contributed by atoms with Gasteiger partial charge in [0.15, 0.2) is 29.6 Å². The smallest absolute Gasteiger partial charge is 0.231 e. The third kappa shape index (κ3) is 4.91. The second-order valence-electron chi connectivity index (χ2n) is 7.49. The van der Waals surface area contributed by atoms with E-state index in [1.54, 1.807) is 67.8 Å². The highest BCUT2D eigenvalue weighted by atomic mass is 16.5. The summed E-state index contributed by atoms with van der Waals surface area (Å²) in [4.78, 5) is 25.3. The summed E-state index contributed by atoms with van der Waals surface area (Å²) in [5, 5.41) is 0. The maximum absolute atomic E-state index is 12.9. The summed E-state index contributed by atoms with van der Waals surface area (Å²) in [5.41, 5.74) is 1.49. The van der Waals surface area contributed by atoms with Crippen molar-refractivity contribution in [2.45, 2.75) is 0 Å². The molecule has 0 amide bonds. The molecule has 0 saturated heterocycles. The third-order valence-corrected chi connectivity index (χ3v) is 5.45. The highest BCUT2D eigenvalue weighted by molar-refractivity contribution is 6.14. The minimum Gasteiger partial charge on any atom is -0.497 e. The summed E-state index contributed by atoms with van der Waals surface area (Å²) >= 11 is 0. The average molecular weight is 476 g/mol. The van der Waals surface area contributed by atoms with E-state index in [4.69, 9.17) is 28.4 Å². The Morgan fingerprint density at radius 2 is 1.46 bits per heavy atom. The molecule has 8 nitrogen and oxygen atoms in total. The molecule has 35 heavy (non-hydrogen) atoms. The van der Waals surface area contributed by atoms with Gasteiger partial charge >= 0.3 is 0 Å². The summed E-state index contributed by atoms with van der Waals surface area (Å²) in [6.45, 7) is -0.162. The van der Waals surface area contributed by atoms with Crippen LogP contribution < -0.4 is 28.4 Å². The maximum Gasteiger partial charge on any atom is 0.231 e. The SMILES string of the molecule is COc1ccc(C(=O)COc2ccc3c(c2)OC(=Cc2cc(OC)c(OC)cc2OC)C3=O)cc1. The van der Waals surface area contributed by atoms with Gasteiger partial charge in [-0.25, -0.2) is 0 Å². The van der Waals surface area contributed by atoms with E-state index in [9.17, 15) is 9.59 Å². The number of benzene rings is 3. The average Bonchev–Trinajstić information content (AvgIpc) is 3.21. The molecular formula is C27H24O8. The van der Waals surface area contributed by atoms with E-state index < -0.39 is 0 Å². The molecule has 3 aromatic rings. The molecular weight excluding hydrogens is 452 g/mol. The molecule has 180 valence electrons. The molecule has 0 unspecified atom stereocenters. The van der Waals surface area contributed by atoms with Gasteiger partial charge in [0.05, 0.1) is 34.0 Å². The largest absolute Gasteiger partial charge is 0.497 e. The van der Waals surface area contributed by atoms with E-state index in [2.05, 4.69) is 0 Å². The van der Waals surface area contributed by atoms with Crippen LogP contribution in [0.1, 0.15) is 26.3 Å². The van der Waals surface area contributed by atoms with Crippen molar-refractivity contribution < 1.29 is 38.0 Å². The Kier molecular flexibility index (Phi) is 6.91. The Hall–Kier alpha value is -4.46. The van der Waals surface area contributed by atoms with Gasteiger partial charge in [-0.15, -0.1) is 0 Å². The Bertz CT molecular complexity index is 1290. The van der Waals surface area contributed by atoms with Gasteiger partial charge < -0.3 is 28.4 Å². The number of allylic oxidation sites excluding steroid dienone is 1. The highest BCUT2D eigenvalue weighted by Gasteiger charge is 2.28. The quantitative estimate of drug-likeness (QED) is 0.327. The second-order valence-corrected chi connectivity index (χ2v) is 7.49. The van der Waals surface area contributed by atoms with Crippen LogP contribution in [-0.4, -0.2) is 46.6 Å². The zero-order valence-corrected chi connectivity index (χ0v) is 19.7. The molecule has 0 radical (unpaired) electrons. The molecule has 0 N–H and O–H groups in total. The molecule has 1 aliphatic heterocycles. The van der Waals surface area contributed by atoms with Gasteiger partial charge in [0.25, 0.3) is 0 Å². The topological polar surface area (TPSA) is 89.5 Å². The van der Waals surface area contributed by atoms with E-state index in [0.29, 0.717) is 51.2 Å². The van der Waals surface area contributed by atoms with Crippen LogP contribution in [0.3, 0.4) is 0 Å². The molecule has 0 fully saturated rings. The molecule has 0 atom stereocenters. The summed E-state index contributed by atoms with van der Waals surface area (Å²) < 4.78 is 32.6. The van der Waals surface area contributed by atoms with Crippen LogP contribution in [0, 0.1) is 0 Å². The van der Waals surface area contributed by atoms with Crippen molar-refractivity contribution >= 4 is 17.6 Å². The summed E-state index contributed by atoms with van der Waals surface area (Å²) in [7, 11) is 6.13. The zero-order valence-electron chi connectivity index (χ0n) is 19.7. The van der Waals surface area contributed by atoms with Crippen LogP contribution in [0.5, 0.6) is 34.5 Å². The molecule has 0 saturated carbocycles. The number of hydrogen-bond donors (Lipinski definition) is 0. The fourth-order valence-corrected chi connectivity index (χ4v) is 3.57. The molecule has 0 bridgehead atoms. The van der Waals surface area contributed by atoms with Crippen LogP contribution in [0.4, 0.5) is 0 Å². The van der Waals surface area contributed by atoms with Crippen LogP contribution in [0.25, 0.3) is 6.08 Å². The molecule has 0 aromatic heterocycles. The van der Waals surface area contributed by atoms with Gasteiger partial charge in [-0.05, 0) is 48.5 Å². The first-order valence-electron chi connectivity index (χ1n) is 10.7. The van der Waals surface area contributed by atoms with Crippen LogP contribution >= 0.6 is 0 Å². The standard InChI is InChI=1S/C27H24O8/c1-30-18-7-5-16(6-8-18)21(28)15-34-19-9-10-20-23(13-19)35-26(27(20)29)12-17-11-24(32-3)25(33-4)14-22(17)31-2/h5-14H,15H2,1-4H3. The van der Waals surface area contributed by atoms with Gasteiger partial charge in [-0.1, -0.05) is 0 Å². The number of methoxy groups -OCH3 is 4. The van der Waals surface area contributed by atoms with Crippen molar-refractivity contribution in [2.24, 2.45) is 0 Å². The van der Waals surface area contributed by atoms with Crippen LogP contribution in [0.2, 0.25) is 0 Å². The summed E-state index contributed by atoms with van der Waals surface area (Å²) in [6, 6.07) is 15.0. The van der Waals surface area contributed by atoms with Crippen molar-refractivity contribution in [3.63, 3.8) is 0 Å². The van der Waals surface area contributed by atoms with Gasteiger partial charge in [0, 0.05) is 23.3 Å². The van der Waals surface area contributed by atoms with Crippen LogP contribution in [0.15, 0.2) is 60.4 Å². The number of hydrogen-bond acceptors (Lipinski definition) is 8. The predicted molar refractivity (Wildman–Crippen MR) is 128 cm³/mol. The van der Waals surface area contributed by atoms with Crippen molar-refractivity contribution in [3.8, 4) is 34.5 Å². The predicted octanol–water partition coefficient (Wildman–Crippen LogP) is 4.60. The van der Waals surface area contributed by atoms with E-state index in [1.165, 1.54) is 21.3 Å². The Morgan fingerprint density at radius 3 is 2.11 bits per heavy atom. The molecule has 0 spiro atoms. The van der Waals surface area contributed by atoms with Gasteiger partial charge in [0.1, 0.15) is 23.0 Å². The Labute approximate surface area is 202 Å². The molecule has 4 rings (SSSR count). The normalized spacial score (nSPS) is 13.1. The molecule has 0 aliphatic carbocycles. The first-order chi connectivity index (χ1) is 17.0. The van der Waals surface area contributed by atoms with Crippen molar-refractivity contribution in [1.82, 2.24) is 0 Å². The number of ether oxygens (including phenoxy) is 6. The van der Waals surface area contributed by atoms with Crippen LogP contribution in [-0.2, 0) is 0 Å². The molecule has 3 aromatic carbocycles. The second kappa shape index (κ2) is 10.2. The van der Waals surface area contributed by atoms with Crippen molar-refractivity contribution in [1.29, 1.82) is 0 Å². The maximum atomic E-state index is 12.9. The van der Waals surface area contributed by atoms with Gasteiger partial charge in [-0.2, -0.15) is 0 Å². The van der Waals surface area contributed by atoms with E-state index >= 15 is 0 Å². The van der Waals surface area contributed by atoms with Crippen molar-refractivity contribution in [3.05, 3.63) is 77.0 Å². The summed E-state index contributed by atoms with van der Waals surface area (Å²) in [6.07, 6.45) is 1.58. The lowest BCUT2D eigenvalue weighted by atomic mass is 10.1. The number of rotatable bonds is 9. The minimum atomic E-state index is -0.280. The number of ketones is 2. The number of fused-ring (bicyclic) bond motifs is 1. The third-order valence-electron chi connectivity index (χ3n) is 5.45. The first kappa shape index (κ1) is 23.7. The van der Waals surface area contributed by atoms with E-state index in [1.807, 2.05) is 0 Å². The Balaban J connectivity index is 1.51.